The summed E-state index contributed by atoms with van der Waals surface area (Å²) in [5, 5.41) is 3.46. The van der Waals surface area contributed by atoms with E-state index in [2.05, 4.69) is 31.1 Å². The van der Waals surface area contributed by atoms with E-state index in [1.165, 1.54) is 38.8 Å². The third kappa shape index (κ3) is 2.73. The summed E-state index contributed by atoms with van der Waals surface area (Å²) in [7, 11) is 2.10. The molecule has 2 aliphatic rings. The lowest BCUT2D eigenvalue weighted by Gasteiger charge is -2.42. The largest absolute Gasteiger partial charge is 0.317 e. The lowest BCUT2D eigenvalue weighted by Crippen LogP contribution is -2.52. The number of piperidine rings is 1. The van der Waals surface area contributed by atoms with Crippen LogP contribution in [0.2, 0.25) is 0 Å². The minimum absolute atomic E-state index is 0.733. The van der Waals surface area contributed by atoms with Crippen LogP contribution in [0.4, 0.5) is 0 Å². The van der Waals surface area contributed by atoms with Gasteiger partial charge >= 0.3 is 0 Å². The maximum atomic E-state index is 3.46. The average Bonchev–Trinajstić information content (AvgIpc) is 3.04. The summed E-state index contributed by atoms with van der Waals surface area (Å²) in [6.07, 6.45) is 5.77. The summed E-state index contributed by atoms with van der Waals surface area (Å²) < 4.78 is 0. The normalized spacial score (nSPS) is 38.2. The summed E-state index contributed by atoms with van der Waals surface area (Å²) in [5.41, 5.74) is 0. The number of nitrogens with zero attached hydrogens (tertiary/aromatic N) is 1. The van der Waals surface area contributed by atoms with Crippen LogP contribution in [0.5, 0.6) is 0 Å². The molecule has 0 amide bonds. The molecule has 3 unspecified atom stereocenters. The van der Waals surface area contributed by atoms with Gasteiger partial charge in [-0.25, -0.2) is 0 Å². The van der Waals surface area contributed by atoms with E-state index in [9.17, 15) is 0 Å². The Morgan fingerprint density at radius 1 is 1.20 bits per heavy atom. The molecule has 1 heterocycles. The highest BCUT2D eigenvalue weighted by molar-refractivity contribution is 4.88. The zero-order chi connectivity index (χ0) is 10.8. The first-order chi connectivity index (χ1) is 7.22. The third-order valence-electron chi connectivity index (χ3n) is 4.59. The first-order valence-corrected chi connectivity index (χ1v) is 6.63. The molecule has 3 atom stereocenters. The van der Waals surface area contributed by atoms with E-state index in [4.69, 9.17) is 0 Å². The van der Waals surface area contributed by atoms with Crippen molar-refractivity contribution in [3.8, 4) is 0 Å². The van der Waals surface area contributed by atoms with Crippen molar-refractivity contribution in [3.63, 3.8) is 0 Å². The smallest absolute Gasteiger partial charge is 0.0117 e. The molecule has 1 saturated heterocycles. The molecule has 0 bridgehead atoms. The first kappa shape index (κ1) is 11.4. The predicted molar refractivity (Wildman–Crippen MR) is 65.0 cm³/mol. The molecule has 88 valence electrons. The van der Waals surface area contributed by atoms with Crippen molar-refractivity contribution in [2.24, 2.45) is 11.8 Å². The standard InChI is InChI=1S/C13H26N2/c1-10-11(2)15(8-6-12-4-5-12)9-7-13(10)14-3/h10-14H,4-9H2,1-3H3. The van der Waals surface area contributed by atoms with Gasteiger partial charge in [-0.1, -0.05) is 19.8 Å². The highest BCUT2D eigenvalue weighted by atomic mass is 15.2. The minimum atomic E-state index is 0.733. The molecule has 1 N–H and O–H groups in total. The molecule has 1 aliphatic carbocycles. The zero-order valence-electron chi connectivity index (χ0n) is 10.5. The second-order valence-electron chi connectivity index (χ2n) is 5.55. The van der Waals surface area contributed by atoms with Crippen LogP contribution in [0.1, 0.15) is 39.5 Å². The molecule has 0 spiro atoms. The number of nitrogens with one attached hydrogen (secondary N) is 1. The van der Waals surface area contributed by atoms with Gasteiger partial charge in [0.25, 0.3) is 0 Å². The fourth-order valence-electron chi connectivity index (χ4n) is 2.92. The zero-order valence-corrected chi connectivity index (χ0v) is 10.5. The van der Waals surface area contributed by atoms with Crippen LogP contribution < -0.4 is 5.32 Å². The van der Waals surface area contributed by atoms with Gasteiger partial charge in [-0.05, 0) is 51.7 Å². The topological polar surface area (TPSA) is 15.3 Å². The van der Waals surface area contributed by atoms with Crippen LogP contribution in [0.3, 0.4) is 0 Å². The highest BCUT2D eigenvalue weighted by Crippen LogP contribution is 2.33. The lowest BCUT2D eigenvalue weighted by atomic mass is 9.87. The van der Waals surface area contributed by atoms with Crippen molar-refractivity contribution >= 4 is 0 Å². The van der Waals surface area contributed by atoms with E-state index in [0.29, 0.717) is 0 Å². The van der Waals surface area contributed by atoms with Gasteiger partial charge in [0.1, 0.15) is 0 Å². The van der Waals surface area contributed by atoms with Crippen LogP contribution in [-0.2, 0) is 0 Å². The number of likely N-dealkylation sites (tertiary alicyclic amines) is 1. The molecule has 2 fully saturated rings. The van der Waals surface area contributed by atoms with E-state index in [1.54, 1.807) is 0 Å². The Balaban J connectivity index is 1.79. The molecule has 2 rings (SSSR count). The Hall–Kier alpha value is -0.0800. The van der Waals surface area contributed by atoms with E-state index < -0.39 is 0 Å². The summed E-state index contributed by atoms with van der Waals surface area (Å²) in [5.74, 6) is 1.87. The van der Waals surface area contributed by atoms with Crippen molar-refractivity contribution < 1.29 is 0 Å². The monoisotopic (exact) mass is 210 g/mol. The van der Waals surface area contributed by atoms with Crippen LogP contribution in [0, 0.1) is 11.8 Å². The molecule has 0 radical (unpaired) electrons. The minimum Gasteiger partial charge on any atom is -0.317 e. The van der Waals surface area contributed by atoms with Crippen LogP contribution >= 0.6 is 0 Å². The maximum absolute atomic E-state index is 3.46. The van der Waals surface area contributed by atoms with E-state index in [-0.39, 0.29) is 0 Å². The quantitative estimate of drug-likeness (QED) is 0.764. The first-order valence-electron chi connectivity index (χ1n) is 6.63. The Kier molecular flexibility index (Phi) is 3.68. The predicted octanol–water partition coefficient (Wildman–Crippen LogP) is 2.10. The number of rotatable bonds is 4. The van der Waals surface area contributed by atoms with Crippen molar-refractivity contribution in [1.82, 2.24) is 10.2 Å². The highest BCUT2D eigenvalue weighted by Gasteiger charge is 2.32. The van der Waals surface area contributed by atoms with E-state index >= 15 is 0 Å². The van der Waals surface area contributed by atoms with Crippen molar-refractivity contribution in [3.05, 3.63) is 0 Å². The molecule has 0 aromatic rings. The van der Waals surface area contributed by atoms with E-state index in [1.807, 2.05) is 0 Å². The molecule has 1 saturated carbocycles. The Bertz CT molecular complexity index is 201. The molecular formula is C13H26N2. The molecule has 2 nitrogen and oxygen atoms in total. The molecule has 0 aromatic carbocycles. The van der Waals surface area contributed by atoms with Gasteiger partial charge in [-0.15, -0.1) is 0 Å². The van der Waals surface area contributed by atoms with Crippen molar-refractivity contribution in [2.75, 3.05) is 20.1 Å². The summed E-state index contributed by atoms with van der Waals surface area (Å²) >= 11 is 0. The van der Waals surface area contributed by atoms with Gasteiger partial charge in [0.05, 0.1) is 0 Å². The van der Waals surface area contributed by atoms with Gasteiger partial charge in [0.2, 0.25) is 0 Å². The summed E-state index contributed by atoms with van der Waals surface area (Å²) in [6.45, 7) is 7.44. The van der Waals surface area contributed by atoms with Crippen molar-refractivity contribution in [1.29, 1.82) is 0 Å². The Morgan fingerprint density at radius 3 is 2.53 bits per heavy atom. The summed E-state index contributed by atoms with van der Waals surface area (Å²) in [6, 6.07) is 1.49. The average molecular weight is 210 g/mol. The lowest BCUT2D eigenvalue weighted by molar-refractivity contribution is 0.0853. The van der Waals surface area contributed by atoms with E-state index in [0.717, 1.165) is 23.9 Å². The SMILES string of the molecule is CNC1CCN(CCC2CC2)C(C)C1C. The maximum Gasteiger partial charge on any atom is 0.0117 e. The second-order valence-corrected chi connectivity index (χ2v) is 5.55. The van der Waals surface area contributed by atoms with Gasteiger partial charge < -0.3 is 10.2 Å². The van der Waals surface area contributed by atoms with Crippen molar-refractivity contribution in [2.45, 2.75) is 51.6 Å². The van der Waals surface area contributed by atoms with Gasteiger partial charge in [0, 0.05) is 12.1 Å². The molecule has 0 aromatic heterocycles. The summed E-state index contributed by atoms with van der Waals surface area (Å²) in [4.78, 5) is 2.71. The van der Waals surface area contributed by atoms with Gasteiger partial charge in [-0.3, -0.25) is 0 Å². The van der Waals surface area contributed by atoms with Crippen LogP contribution in [0.15, 0.2) is 0 Å². The number of hydrogen-bond acceptors (Lipinski definition) is 2. The molecule has 1 aliphatic heterocycles. The second kappa shape index (κ2) is 4.84. The molecule has 15 heavy (non-hydrogen) atoms. The fourth-order valence-corrected chi connectivity index (χ4v) is 2.92. The fraction of sp³-hybridized carbons (Fsp3) is 1.00. The molecule has 2 heteroatoms. The van der Waals surface area contributed by atoms with Gasteiger partial charge in [0.15, 0.2) is 0 Å². The Morgan fingerprint density at radius 2 is 1.93 bits per heavy atom. The Labute approximate surface area is 94.4 Å². The number of hydrogen-bond donors (Lipinski definition) is 1. The van der Waals surface area contributed by atoms with Crippen LogP contribution in [-0.4, -0.2) is 37.1 Å². The van der Waals surface area contributed by atoms with Gasteiger partial charge in [-0.2, -0.15) is 0 Å². The third-order valence-corrected chi connectivity index (χ3v) is 4.59. The van der Waals surface area contributed by atoms with Crippen LogP contribution in [0.25, 0.3) is 0 Å². The molecular weight excluding hydrogens is 184 g/mol.